The Morgan fingerprint density at radius 2 is 1.97 bits per heavy atom. The third kappa shape index (κ3) is 3.67. The summed E-state index contributed by atoms with van der Waals surface area (Å²) >= 11 is 5.97. The topological polar surface area (TPSA) is 91.8 Å². The largest absolute Gasteiger partial charge is 0.338 e. The molecule has 0 atom stereocenters. The summed E-state index contributed by atoms with van der Waals surface area (Å²) in [5.41, 5.74) is 4.21. The van der Waals surface area contributed by atoms with Crippen molar-refractivity contribution in [2.45, 2.75) is 13.8 Å². The maximum absolute atomic E-state index is 13.0. The Kier molecular flexibility index (Phi) is 5.29. The maximum atomic E-state index is 13.0. The van der Waals surface area contributed by atoms with Crippen molar-refractivity contribution in [1.82, 2.24) is 20.1 Å². The number of H-pyrrole nitrogens is 1. The molecular weight excluding hydrogens is 402 g/mol. The highest BCUT2D eigenvalue weighted by Crippen LogP contribution is 2.30. The SMILES string of the molecule is CCNC(=O)Nc1cccc(-c2c(C)ncc3c(=O)n(-c4ccc(Cl)cc4)[nH]c23)c1. The number of amides is 2. The first kappa shape index (κ1) is 19.7. The zero-order valence-corrected chi connectivity index (χ0v) is 17.2. The van der Waals surface area contributed by atoms with Gasteiger partial charge in [-0.3, -0.25) is 14.9 Å². The fraction of sp³-hybridized carbons (Fsp3) is 0.136. The van der Waals surface area contributed by atoms with Gasteiger partial charge in [-0.05, 0) is 55.8 Å². The molecule has 8 heteroatoms. The van der Waals surface area contributed by atoms with Crippen LogP contribution in [0.3, 0.4) is 0 Å². The van der Waals surface area contributed by atoms with E-state index in [1.165, 1.54) is 4.68 Å². The van der Waals surface area contributed by atoms with E-state index in [9.17, 15) is 9.59 Å². The highest BCUT2D eigenvalue weighted by Gasteiger charge is 2.16. The number of hydrogen-bond acceptors (Lipinski definition) is 3. The summed E-state index contributed by atoms with van der Waals surface area (Å²) in [5.74, 6) is 0. The van der Waals surface area contributed by atoms with E-state index in [0.717, 1.165) is 16.8 Å². The second-order valence-electron chi connectivity index (χ2n) is 6.80. The number of carbonyl (C=O) groups is 1. The minimum atomic E-state index is -0.273. The number of aromatic amines is 1. The van der Waals surface area contributed by atoms with Crippen molar-refractivity contribution in [2.24, 2.45) is 0 Å². The minimum absolute atomic E-state index is 0.197. The molecule has 0 spiro atoms. The number of halogens is 1. The summed E-state index contributed by atoms with van der Waals surface area (Å²) in [6.45, 7) is 4.28. The number of rotatable bonds is 4. The maximum Gasteiger partial charge on any atom is 0.319 e. The number of nitrogens with zero attached hydrogens (tertiary/aromatic N) is 2. The van der Waals surface area contributed by atoms with Gasteiger partial charge in [-0.1, -0.05) is 23.7 Å². The van der Waals surface area contributed by atoms with Gasteiger partial charge in [0.25, 0.3) is 5.56 Å². The van der Waals surface area contributed by atoms with E-state index < -0.39 is 0 Å². The Balaban J connectivity index is 1.85. The Hall–Kier alpha value is -3.58. The van der Waals surface area contributed by atoms with E-state index in [1.54, 1.807) is 30.5 Å². The summed E-state index contributed by atoms with van der Waals surface area (Å²) in [7, 11) is 0. The number of fused-ring (bicyclic) bond motifs is 1. The van der Waals surface area contributed by atoms with Gasteiger partial charge in [-0.25, -0.2) is 9.48 Å². The van der Waals surface area contributed by atoms with E-state index in [-0.39, 0.29) is 11.6 Å². The quantitative estimate of drug-likeness (QED) is 0.453. The van der Waals surface area contributed by atoms with Crippen molar-refractivity contribution in [3.8, 4) is 16.8 Å². The zero-order valence-electron chi connectivity index (χ0n) is 16.5. The summed E-state index contributed by atoms with van der Waals surface area (Å²) < 4.78 is 1.47. The van der Waals surface area contributed by atoms with Crippen LogP contribution in [0.15, 0.2) is 59.5 Å². The zero-order chi connectivity index (χ0) is 21.3. The molecule has 7 nitrogen and oxygen atoms in total. The molecule has 0 radical (unpaired) electrons. The van der Waals surface area contributed by atoms with Crippen LogP contribution in [-0.4, -0.2) is 27.3 Å². The van der Waals surface area contributed by atoms with Crippen molar-refractivity contribution < 1.29 is 4.79 Å². The molecule has 152 valence electrons. The molecule has 4 rings (SSSR count). The van der Waals surface area contributed by atoms with Gasteiger partial charge < -0.3 is 10.6 Å². The van der Waals surface area contributed by atoms with Crippen LogP contribution in [0.4, 0.5) is 10.5 Å². The van der Waals surface area contributed by atoms with Crippen molar-refractivity contribution in [1.29, 1.82) is 0 Å². The summed E-state index contributed by atoms with van der Waals surface area (Å²) in [4.78, 5) is 29.3. The Bertz CT molecular complexity index is 1290. The number of pyridine rings is 1. The van der Waals surface area contributed by atoms with Crippen molar-refractivity contribution in [2.75, 3.05) is 11.9 Å². The lowest BCUT2D eigenvalue weighted by Gasteiger charge is -2.10. The fourth-order valence-corrected chi connectivity index (χ4v) is 3.51. The molecule has 2 heterocycles. The highest BCUT2D eigenvalue weighted by atomic mass is 35.5. The predicted molar refractivity (Wildman–Crippen MR) is 120 cm³/mol. The van der Waals surface area contributed by atoms with Crippen molar-refractivity contribution in [3.63, 3.8) is 0 Å². The number of aromatic nitrogens is 3. The average molecular weight is 422 g/mol. The monoisotopic (exact) mass is 421 g/mol. The van der Waals surface area contributed by atoms with Gasteiger partial charge in [0, 0.05) is 34.7 Å². The van der Waals surface area contributed by atoms with E-state index in [2.05, 4.69) is 20.7 Å². The lowest BCUT2D eigenvalue weighted by Crippen LogP contribution is -2.28. The van der Waals surface area contributed by atoms with Gasteiger partial charge >= 0.3 is 6.03 Å². The standard InChI is InChI=1S/C22H20ClN5O2/c1-3-24-22(30)26-16-6-4-5-14(11-16)19-13(2)25-12-18-20(19)27-28(21(18)29)17-9-7-15(23)8-10-17/h4-12,27H,3H2,1-2H3,(H2,24,26,30). The molecule has 0 aliphatic rings. The fourth-order valence-electron chi connectivity index (χ4n) is 3.38. The van der Waals surface area contributed by atoms with Crippen LogP contribution in [0.25, 0.3) is 27.7 Å². The van der Waals surface area contributed by atoms with E-state index in [1.807, 2.05) is 38.1 Å². The van der Waals surface area contributed by atoms with Gasteiger partial charge in [-0.2, -0.15) is 0 Å². The lowest BCUT2D eigenvalue weighted by atomic mass is 10.0. The highest BCUT2D eigenvalue weighted by molar-refractivity contribution is 6.30. The van der Waals surface area contributed by atoms with Crippen LogP contribution in [-0.2, 0) is 0 Å². The molecule has 3 N–H and O–H groups in total. The number of hydrogen-bond donors (Lipinski definition) is 3. The van der Waals surface area contributed by atoms with Gasteiger partial charge in [-0.15, -0.1) is 0 Å². The van der Waals surface area contributed by atoms with Crippen LogP contribution in [0, 0.1) is 6.92 Å². The molecule has 30 heavy (non-hydrogen) atoms. The predicted octanol–water partition coefficient (Wildman–Crippen LogP) is 4.48. The number of urea groups is 1. The number of aryl methyl sites for hydroxylation is 1. The molecule has 0 aliphatic heterocycles. The van der Waals surface area contributed by atoms with Gasteiger partial charge in [0.05, 0.1) is 16.6 Å². The van der Waals surface area contributed by atoms with Crippen LogP contribution in [0.2, 0.25) is 5.02 Å². The van der Waals surface area contributed by atoms with Gasteiger partial charge in [0.1, 0.15) is 0 Å². The molecule has 2 aromatic carbocycles. The molecule has 0 saturated heterocycles. The van der Waals surface area contributed by atoms with Crippen LogP contribution in [0.5, 0.6) is 0 Å². The second-order valence-corrected chi connectivity index (χ2v) is 7.24. The molecular formula is C22H20ClN5O2. The van der Waals surface area contributed by atoms with E-state index in [0.29, 0.717) is 33.8 Å². The molecule has 0 saturated carbocycles. The number of carbonyl (C=O) groups excluding carboxylic acids is 1. The van der Waals surface area contributed by atoms with Crippen LogP contribution < -0.4 is 16.2 Å². The lowest BCUT2D eigenvalue weighted by molar-refractivity contribution is 0.252. The average Bonchev–Trinajstić information content (AvgIpc) is 3.05. The number of benzene rings is 2. The van der Waals surface area contributed by atoms with Crippen LogP contribution >= 0.6 is 11.6 Å². The van der Waals surface area contributed by atoms with Crippen molar-refractivity contribution in [3.05, 3.63) is 75.8 Å². The minimum Gasteiger partial charge on any atom is -0.338 e. The first-order valence-electron chi connectivity index (χ1n) is 9.49. The third-order valence-corrected chi connectivity index (χ3v) is 5.01. The molecule has 2 amide bonds. The van der Waals surface area contributed by atoms with E-state index in [4.69, 9.17) is 11.6 Å². The van der Waals surface area contributed by atoms with E-state index >= 15 is 0 Å². The number of anilines is 1. The first-order chi connectivity index (χ1) is 14.5. The molecule has 0 unspecified atom stereocenters. The summed E-state index contributed by atoms with van der Waals surface area (Å²) in [5, 5.41) is 9.80. The summed E-state index contributed by atoms with van der Waals surface area (Å²) in [6.07, 6.45) is 1.58. The molecule has 4 aromatic rings. The van der Waals surface area contributed by atoms with Gasteiger partial charge in [0.2, 0.25) is 0 Å². The van der Waals surface area contributed by atoms with Crippen molar-refractivity contribution >= 4 is 34.2 Å². The Labute approximate surface area is 177 Å². The van der Waals surface area contributed by atoms with Gasteiger partial charge in [0.15, 0.2) is 0 Å². The second kappa shape index (κ2) is 8.04. The summed E-state index contributed by atoms with van der Waals surface area (Å²) in [6, 6.07) is 14.2. The third-order valence-electron chi connectivity index (χ3n) is 4.76. The first-order valence-corrected chi connectivity index (χ1v) is 9.87. The molecule has 2 aromatic heterocycles. The molecule has 0 bridgehead atoms. The smallest absolute Gasteiger partial charge is 0.319 e. The normalized spacial score (nSPS) is 10.9. The Morgan fingerprint density at radius 3 is 2.70 bits per heavy atom. The molecule has 0 aliphatic carbocycles. The Morgan fingerprint density at radius 1 is 1.20 bits per heavy atom. The van der Waals surface area contributed by atoms with Crippen LogP contribution in [0.1, 0.15) is 12.6 Å². The number of nitrogens with one attached hydrogen (secondary N) is 3. The molecule has 0 fully saturated rings.